The van der Waals surface area contributed by atoms with Crippen LogP contribution in [0.15, 0.2) is 45.4 Å². The molecule has 0 fully saturated rings. The number of carbonyl (C=O) groups excluding carboxylic acids is 1. The van der Waals surface area contributed by atoms with Gasteiger partial charge in [-0.15, -0.1) is 10.2 Å². The van der Waals surface area contributed by atoms with Crippen molar-refractivity contribution in [2.75, 3.05) is 23.9 Å². The number of amides is 1. The number of hydrogen-bond acceptors (Lipinski definition) is 6. The zero-order chi connectivity index (χ0) is 20.3. The molecule has 146 valence electrons. The van der Waals surface area contributed by atoms with Crippen LogP contribution in [0.3, 0.4) is 0 Å². The van der Waals surface area contributed by atoms with Crippen LogP contribution in [-0.4, -0.2) is 35.7 Å². The number of benzene rings is 1. The summed E-state index contributed by atoms with van der Waals surface area (Å²) in [6, 6.07) is 8.91. The van der Waals surface area contributed by atoms with E-state index in [0.29, 0.717) is 11.3 Å². The highest BCUT2D eigenvalue weighted by Crippen LogP contribution is 2.31. The van der Waals surface area contributed by atoms with Crippen molar-refractivity contribution in [1.82, 2.24) is 15.2 Å². The summed E-state index contributed by atoms with van der Waals surface area (Å²) in [7, 11) is 3.78. The first-order valence-corrected chi connectivity index (χ1v) is 8.94. The lowest BCUT2D eigenvalue weighted by Crippen LogP contribution is -2.24. The van der Waals surface area contributed by atoms with Crippen LogP contribution in [0, 0.1) is 0 Å². The van der Waals surface area contributed by atoms with Crippen LogP contribution in [0.4, 0.5) is 20.2 Å². The lowest BCUT2D eigenvalue weighted by atomic mass is 10.2. The highest BCUT2D eigenvalue weighted by molar-refractivity contribution is 9.10. The number of nitrogens with zero attached hydrogens (tertiary/aromatic N) is 5. The minimum absolute atomic E-state index is 0.0376. The average molecular weight is 452 g/mol. The molecule has 0 saturated heterocycles. The number of rotatable bonds is 7. The Morgan fingerprint density at radius 3 is 2.54 bits per heavy atom. The van der Waals surface area contributed by atoms with Gasteiger partial charge in [-0.3, -0.25) is 9.78 Å². The number of anilines is 2. The van der Waals surface area contributed by atoms with E-state index in [1.807, 2.05) is 37.2 Å². The van der Waals surface area contributed by atoms with Crippen LogP contribution in [0.25, 0.3) is 11.5 Å². The van der Waals surface area contributed by atoms with Gasteiger partial charge in [-0.25, -0.2) is 0 Å². The van der Waals surface area contributed by atoms with Crippen LogP contribution in [0.5, 0.6) is 0 Å². The molecule has 0 bridgehead atoms. The van der Waals surface area contributed by atoms with Crippen molar-refractivity contribution in [3.8, 4) is 11.5 Å². The van der Waals surface area contributed by atoms with Gasteiger partial charge in [0.05, 0.1) is 29.2 Å². The Kier molecular flexibility index (Phi) is 5.98. The Hall–Kier alpha value is -2.88. The standard InChI is InChI=1S/C18H16BrF2N5O2/c1-25(2)15-7-12(19)4-6-14(15)26(10-27)9-13-5-3-11(8-22-13)17-23-24-18(28-17)16(20)21/h3-8,10,16H,9H2,1-2H3. The first-order chi connectivity index (χ1) is 13.4. The quantitative estimate of drug-likeness (QED) is 0.504. The van der Waals surface area contributed by atoms with Gasteiger partial charge >= 0.3 is 6.43 Å². The molecule has 0 N–H and O–H groups in total. The molecule has 3 rings (SSSR count). The molecule has 1 aromatic carbocycles. The van der Waals surface area contributed by atoms with Crippen LogP contribution in [-0.2, 0) is 11.3 Å². The van der Waals surface area contributed by atoms with E-state index in [1.54, 1.807) is 12.1 Å². The van der Waals surface area contributed by atoms with Gasteiger partial charge in [0.15, 0.2) is 0 Å². The van der Waals surface area contributed by atoms with Gasteiger partial charge < -0.3 is 14.2 Å². The van der Waals surface area contributed by atoms with Crippen LogP contribution in [0.2, 0.25) is 0 Å². The van der Waals surface area contributed by atoms with Crippen LogP contribution < -0.4 is 9.80 Å². The van der Waals surface area contributed by atoms with E-state index in [2.05, 4.69) is 31.1 Å². The number of carbonyl (C=O) groups is 1. The molecule has 0 radical (unpaired) electrons. The Morgan fingerprint density at radius 2 is 1.96 bits per heavy atom. The van der Waals surface area contributed by atoms with E-state index < -0.39 is 12.3 Å². The van der Waals surface area contributed by atoms with Gasteiger partial charge in [-0.2, -0.15) is 8.78 Å². The van der Waals surface area contributed by atoms with E-state index in [-0.39, 0.29) is 12.4 Å². The second-order valence-corrected chi connectivity index (χ2v) is 6.96. The maximum Gasteiger partial charge on any atom is 0.314 e. The van der Waals surface area contributed by atoms with E-state index in [4.69, 9.17) is 4.42 Å². The van der Waals surface area contributed by atoms with Crippen molar-refractivity contribution in [2.24, 2.45) is 0 Å². The molecule has 10 heteroatoms. The van der Waals surface area contributed by atoms with Crippen molar-refractivity contribution in [2.45, 2.75) is 13.0 Å². The molecule has 2 heterocycles. The van der Waals surface area contributed by atoms with Gasteiger partial charge in [0.2, 0.25) is 12.3 Å². The molecule has 0 aliphatic carbocycles. The minimum atomic E-state index is -2.83. The number of pyridine rings is 1. The molecule has 0 saturated carbocycles. The molecule has 1 amide bonds. The summed E-state index contributed by atoms with van der Waals surface area (Å²) >= 11 is 3.43. The average Bonchev–Trinajstić information content (AvgIpc) is 3.17. The first-order valence-electron chi connectivity index (χ1n) is 8.14. The van der Waals surface area contributed by atoms with E-state index in [9.17, 15) is 13.6 Å². The molecule has 2 aromatic heterocycles. The fourth-order valence-corrected chi connectivity index (χ4v) is 2.88. The monoisotopic (exact) mass is 451 g/mol. The van der Waals surface area contributed by atoms with E-state index in [1.165, 1.54) is 11.1 Å². The van der Waals surface area contributed by atoms with Crippen LogP contribution >= 0.6 is 15.9 Å². The Morgan fingerprint density at radius 1 is 1.18 bits per heavy atom. The summed E-state index contributed by atoms with van der Waals surface area (Å²) in [6.07, 6.45) is -0.653. The minimum Gasteiger partial charge on any atom is -0.415 e. The third-order valence-corrected chi connectivity index (χ3v) is 4.38. The van der Waals surface area contributed by atoms with Gasteiger partial charge in [0, 0.05) is 24.8 Å². The zero-order valence-electron chi connectivity index (χ0n) is 15.0. The van der Waals surface area contributed by atoms with Crippen molar-refractivity contribution >= 4 is 33.7 Å². The van der Waals surface area contributed by atoms with Crippen molar-refractivity contribution in [1.29, 1.82) is 0 Å². The summed E-state index contributed by atoms with van der Waals surface area (Å²) in [5, 5.41) is 6.88. The van der Waals surface area contributed by atoms with Crippen molar-refractivity contribution in [3.05, 3.63) is 52.6 Å². The fourth-order valence-electron chi connectivity index (χ4n) is 2.54. The lowest BCUT2D eigenvalue weighted by Gasteiger charge is -2.24. The zero-order valence-corrected chi connectivity index (χ0v) is 16.6. The Balaban J connectivity index is 1.81. The van der Waals surface area contributed by atoms with Gasteiger partial charge in [-0.1, -0.05) is 15.9 Å². The smallest absolute Gasteiger partial charge is 0.314 e. The first kappa shape index (κ1) is 19.9. The third-order valence-electron chi connectivity index (χ3n) is 3.89. The van der Waals surface area contributed by atoms with Crippen molar-refractivity contribution in [3.63, 3.8) is 0 Å². The van der Waals surface area contributed by atoms with Gasteiger partial charge in [0.1, 0.15) is 0 Å². The van der Waals surface area contributed by atoms with Crippen molar-refractivity contribution < 1.29 is 18.0 Å². The molecular formula is C18H16BrF2N5O2. The number of aromatic nitrogens is 3. The normalized spacial score (nSPS) is 10.9. The third kappa shape index (κ3) is 4.33. The molecule has 0 spiro atoms. The molecule has 0 aliphatic heterocycles. The maximum absolute atomic E-state index is 12.6. The predicted octanol–water partition coefficient (Wildman–Crippen LogP) is 4.06. The summed E-state index contributed by atoms with van der Waals surface area (Å²) in [4.78, 5) is 19.4. The highest BCUT2D eigenvalue weighted by Gasteiger charge is 2.18. The Bertz CT molecular complexity index is 963. The van der Waals surface area contributed by atoms with Crippen LogP contribution in [0.1, 0.15) is 18.0 Å². The SMILES string of the molecule is CN(C)c1cc(Br)ccc1N(C=O)Cc1ccc(-c2nnc(C(F)F)o2)cn1. The molecule has 0 aliphatic rings. The number of hydrogen-bond donors (Lipinski definition) is 0. The summed E-state index contributed by atoms with van der Waals surface area (Å²) in [5.74, 6) is -0.776. The summed E-state index contributed by atoms with van der Waals surface area (Å²) in [5.41, 5.74) is 2.62. The van der Waals surface area contributed by atoms with E-state index in [0.717, 1.165) is 22.3 Å². The molecule has 7 nitrogen and oxygen atoms in total. The summed E-state index contributed by atoms with van der Waals surface area (Å²) < 4.78 is 30.9. The fraction of sp³-hybridized carbons (Fsp3) is 0.222. The summed E-state index contributed by atoms with van der Waals surface area (Å²) in [6.45, 7) is 0.234. The topological polar surface area (TPSA) is 75.4 Å². The molecular weight excluding hydrogens is 436 g/mol. The lowest BCUT2D eigenvalue weighted by molar-refractivity contribution is -0.107. The molecule has 28 heavy (non-hydrogen) atoms. The maximum atomic E-state index is 12.6. The number of alkyl halides is 2. The molecule has 0 atom stereocenters. The second-order valence-electron chi connectivity index (χ2n) is 6.05. The second kappa shape index (κ2) is 8.42. The number of halogens is 3. The van der Waals surface area contributed by atoms with E-state index >= 15 is 0 Å². The van der Waals surface area contributed by atoms with Gasteiger partial charge in [0.25, 0.3) is 5.89 Å². The van der Waals surface area contributed by atoms with Gasteiger partial charge in [-0.05, 0) is 30.3 Å². The highest BCUT2D eigenvalue weighted by atomic mass is 79.9. The largest absolute Gasteiger partial charge is 0.415 e. The predicted molar refractivity (Wildman–Crippen MR) is 103 cm³/mol. The Labute approximate surface area is 168 Å². The molecule has 0 unspecified atom stereocenters. The molecule has 3 aromatic rings.